The van der Waals surface area contributed by atoms with Gasteiger partial charge in [-0.25, -0.2) is 0 Å². The number of rotatable bonds is 5. The highest BCUT2D eigenvalue weighted by molar-refractivity contribution is 5.95. The van der Waals surface area contributed by atoms with Gasteiger partial charge in [0.25, 0.3) is 5.91 Å². The predicted octanol–water partition coefficient (Wildman–Crippen LogP) is 3.06. The number of aryl methyl sites for hydroxylation is 1. The minimum atomic E-state index is 0.0344. The van der Waals surface area contributed by atoms with Gasteiger partial charge in [-0.2, -0.15) is 5.10 Å². The number of piperidine rings is 1. The molecule has 5 rings (SSSR count). The van der Waals surface area contributed by atoms with Gasteiger partial charge in [-0.3, -0.25) is 14.3 Å². The Morgan fingerprint density at radius 2 is 1.86 bits per heavy atom. The molecular weight excluding hydrogens is 364 g/mol. The zero-order valence-corrected chi connectivity index (χ0v) is 17.7. The Morgan fingerprint density at radius 3 is 2.48 bits per heavy atom. The number of nitrogens with zero attached hydrogens (tertiary/aromatic N) is 3. The first-order valence-corrected chi connectivity index (χ1v) is 11.7. The summed E-state index contributed by atoms with van der Waals surface area (Å²) in [7, 11) is 1.89. The van der Waals surface area contributed by atoms with E-state index in [0.717, 1.165) is 62.9 Å². The van der Waals surface area contributed by atoms with Crippen LogP contribution in [0.25, 0.3) is 0 Å². The third-order valence-corrected chi connectivity index (χ3v) is 8.09. The lowest BCUT2D eigenvalue weighted by Crippen LogP contribution is -2.41. The fourth-order valence-corrected chi connectivity index (χ4v) is 5.94. The number of amides is 2. The fraction of sp³-hybridized carbons (Fsp3) is 0.783. The first-order chi connectivity index (χ1) is 14.0. The zero-order chi connectivity index (χ0) is 20.0. The van der Waals surface area contributed by atoms with E-state index in [4.69, 9.17) is 0 Å². The largest absolute Gasteiger partial charge is 0.349 e. The van der Waals surface area contributed by atoms with Crippen LogP contribution in [0.2, 0.25) is 0 Å². The fourth-order valence-electron chi connectivity index (χ4n) is 5.94. The molecule has 1 aliphatic heterocycles. The van der Waals surface area contributed by atoms with Crippen LogP contribution in [-0.4, -0.2) is 45.6 Å². The van der Waals surface area contributed by atoms with Gasteiger partial charge in [0.2, 0.25) is 5.91 Å². The van der Waals surface area contributed by atoms with E-state index in [-0.39, 0.29) is 5.91 Å². The molecule has 3 saturated carbocycles. The van der Waals surface area contributed by atoms with Crippen LogP contribution in [0, 0.1) is 17.3 Å². The lowest BCUT2D eigenvalue weighted by atomic mass is 9.79. The highest BCUT2D eigenvalue weighted by Gasteiger charge is 2.61. The van der Waals surface area contributed by atoms with Crippen LogP contribution in [0.15, 0.2) is 6.20 Å². The van der Waals surface area contributed by atoms with Crippen LogP contribution < -0.4 is 5.32 Å². The lowest BCUT2D eigenvalue weighted by Gasteiger charge is -2.34. The van der Waals surface area contributed by atoms with Crippen LogP contribution in [0.3, 0.4) is 0 Å². The monoisotopic (exact) mass is 398 g/mol. The molecule has 4 fully saturated rings. The Morgan fingerprint density at radius 1 is 1.14 bits per heavy atom. The van der Waals surface area contributed by atoms with Crippen molar-refractivity contribution in [3.05, 3.63) is 17.5 Å². The van der Waals surface area contributed by atoms with E-state index in [1.54, 1.807) is 4.68 Å². The van der Waals surface area contributed by atoms with E-state index in [1.807, 2.05) is 13.2 Å². The highest BCUT2D eigenvalue weighted by Crippen LogP contribution is 2.66. The minimum absolute atomic E-state index is 0.0344. The van der Waals surface area contributed by atoms with Gasteiger partial charge in [0.1, 0.15) is 0 Å². The van der Waals surface area contributed by atoms with Gasteiger partial charge >= 0.3 is 0 Å². The van der Waals surface area contributed by atoms with Crippen molar-refractivity contribution in [3.63, 3.8) is 0 Å². The number of nitrogens with one attached hydrogen (secondary N) is 1. The van der Waals surface area contributed by atoms with Gasteiger partial charge in [-0.05, 0) is 62.7 Å². The summed E-state index contributed by atoms with van der Waals surface area (Å²) in [5.41, 5.74) is 2.08. The maximum Gasteiger partial charge on any atom is 0.254 e. The molecule has 2 amide bonds. The van der Waals surface area contributed by atoms with Crippen LogP contribution in [0.5, 0.6) is 0 Å². The van der Waals surface area contributed by atoms with Crippen LogP contribution in [0.4, 0.5) is 0 Å². The molecule has 1 N–H and O–H groups in total. The second kappa shape index (κ2) is 7.44. The first kappa shape index (κ1) is 19.1. The molecule has 0 radical (unpaired) electrons. The summed E-state index contributed by atoms with van der Waals surface area (Å²) in [6.07, 6.45) is 14.3. The number of carbonyl (C=O) groups excluding carboxylic acids is 2. The lowest BCUT2D eigenvalue weighted by molar-refractivity contribution is -0.135. The summed E-state index contributed by atoms with van der Waals surface area (Å²) in [4.78, 5) is 27.7. The van der Waals surface area contributed by atoms with Crippen LogP contribution in [-0.2, 0) is 18.3 Å². The smallest absolute Gasteiger partial charge is 0.254 e. The van der Waals surface area contributed by atoms with E-state index in [1.165, 1.54) is 32.1 Å². The molecular formula is C23H34N4O2. The van der Waals surface area contributed by atoms with Crippen molar-refractivity contribution in [2.45, 2.75) is 76.7 Å². The molecule has 0 aromatic carbocycles. The maximum atomic E-state index is 12.8. The molecule has 6 nitrogen and oxygen atoms in total. The Bertz CT molecular complexity index is 783. The molecule has 4 aliphatic rings. The average Bonchev–Trinajstić information content (AvgIpc) is 3.07. The van der Waals surface area contributed by atoms with Crippen molar-refractivity contribution >= 4 is 11.8 Å². The van der Waals surface area contributed by atoms with Crippen molar-refractivity contribution in [3.8, 4) is 0 Å². The summed E-state index contributed by atoms with van der Waals surface area (Å²) in [5.74, 6) is 1.28. The molecule has 1 aromatic heterocycles. The second-order valence-electron chi connectivity index (χ2n) is 10.1. The summed E-state index contributed by atoms with van der Waals surface area (Å²) in [5, 5.41) is 7.81. The van der Waals surface area contributed by atoms with Gasteiger partial charge in [-0.15, -0.1) is 0 Å². The molecule has 1 saturated heterocycles. The number of aromatic nitrogens is 2. The Labute approximate surface area is 173 Å². The van der Waals surface area contributed by atoms with Crippen molar-refractivity contribution in [1.82, 2.24) is 20.0 Å². The molecule has 6 heteroatoms. The normalized spacial score (nSPS) is 26.5. The van der Waals surface area contributed by atoms with Crippen molar-refractivity contribution in [2.75, 3.05) is 13.1 Å². The third-order valence-electron chi connectivity index (χ3n) is 8.09. The molecule has 29 heavy (non-hydrogen) atoms. The molecule has 1 aromatic rings. The van der Waals surface area contributed by atoms with Crippen molar-refractivity contribution in [2.24, 2.45) is 24.3 Å². The van der Waals surface area contributed by atoms with Crippen molar-refractivity contribution < 1.29 is 9.59 Å². The standard InChI is InChI=1S/C23H34N4O2/c1-26-15-18(21(28)24-17-5-2-3-6-17)20(25-26)13-16-7-11-27(12-8-16)22(29)19-14-23(19)9-4-10-23/h15-17,19H,2-14H2,1H3,(H,24,28). The van der Waals surface area contributed by atoms with E-state index in [0.29, 0.717) is 29.2 Å². The van der Waals surface area contributed by atoms with Gasteiger partial charge < -0.3 is 10.2 Å². The average molecular weight is 399 g/mol. The van der Waals surface area contributed by atoms with Crippen LogP contribution in [0.1, 0.15) is 80.3 Å². The van der Waals surface area contributed by atoms with Crippen LogP contribution >= 0.6 is 0 Å². The van der Waals surface area contributed by atoms with Gasteiger partial charge in [0, 0.05) is 38.3 Å². The number of hydrogen-bond donors (Lipinski definition) is 1. The number of carbonyl (C=O) groups is 2. The quantitative estimate of drug-likeness (QED) is 0.829. The van der Waals surface area contributed by atoms with Gasteiger partial charge in [0.15, 0.2) is 0 Å². The Kier molecular flexibility index (Phi) is 4.91. The molecule has 1 spiro atoms. The summed E-state index contributed by atoms with van der Waals surface area (Å²) >= 11 is 0. The summed E-state index contributed by atoms with van der Waals surface area (Å²) in [6.45, 7) is 1.74. The molecule has 0 bridgehead atoms. The molecule has 1 unspecified atom stereocenters. The van der Waals surface area contributed by atoms with E-state index in [9.17, 15) is 9.59 Å². The summed E-state index contributed by atoms with van der Waals surface area (Å²) in [6, 6.07) is 0.325. The zero-order valence-electron chi connectivity index (χ0n) is 17.7. The van der Waals surface area contributed by atoms with Gasteiger partial charge in [-0.1, -0.05) is 19.3 Å². The Balaban J connectivity index is 1.15. The van der Waals surface area contributed by atoms with E-state index in [2.05, 4.69) is 15.3 Å². The van der Waals surface area contributed by atoms with E-state index >= 15 is 0 Å². The molecule has 1 atom stereocenters. The third kappa shape index (κ3) is 3.71. The number of likely N-dealkylation sites (tertiary alicyclic amines) is 1. The minimum Gasteiger partial charge on any atom is -0.349 e. The summed E-state index contributed by atoms with van der Waals surface area (Å²) < 4.78 is 1.77. The Hall–Kier alpha value is -1.85. The maximum absolute atomic E-state index is 12.8. The predicted molar refractivity (Wildman–Crippen MR) is 110 cm³/mol. The highest BCUT2D eigenvalue weighted by atomic mass is 16.2. The van der Waals surface area contributed by atoms with Crippen molar-refractivity contribution in [1.29, 1.82) is 0 Å². The number of hydrogen-bond acceptors (Lipinski definition) is 3. The second-order valence-corrected chi connectivity index (χ2v) is 10.1. The molecule has 3 aliphatic carbocycles. The first-order valence-electron chi connectivity index (χ1n) is 11.7. The molecule has 2 heterocycles. The molecule has 158 valence electrons. The van der Waals surface area contributed by atoms with Gasteiger partial charge in [0.05, 0.1) is 11.3 Å². The van der Waals surface area contributed by atoms with E-state index < -0.39 is 0 Å². The topological polar surface area (TPSA) is 67.2 Å². The SMILES string of the molecule is Cn1cc(C(=O)NC2CCCC2)c(CC2CCN(C(=O)C3CC34CCC4)CC2)n1.